The van der Waals surface area contributed by atoms with Crippen LogP contribution in [0.2, 0.25) is 0 Å². The molecule has 108 valence electrons. The highest BCUT2D eigenvalue weighted by Crippen LogP contribution is 2.24. The van der Waals surface area contributed by atoms with Crippen molar-refractivity contribution < 1.29 is 0 Å². The van der Waals surface area contributed by atoms with Gasteiger partial charge in [0.2, 0.25) is 0 Å². The summed E-state index contributed by atoms with van der Waals surface area (Å²) in [5, 5.41) is -0.196. The van der Waals surface area contributed by atoms with Crippen molar-refractivity contribution in [1.29, 1.82) is 0 Å². The van der Waals surface area contributed by atoms with Crippen LogP contribution in [-0.4, -0.2) is 24.5 Å². The van der Waals surface area contributed by atoms with E-state index in [0.29, 0.717) is 6.54 Å². The normalized spacial score (nSPS) is 12.8. The van der Waals surface area contributed by atoms with Gasteiger partial charge in [-0.1, -0.05) is 0 Å². The molecule has 0 aliphatic rings. The van der Waals surface area contributed by atoms with Gasteiger partial charge in [0, 0.05) is 12.4 Å². The SMILES string of the molecule is Cc1cnc2c(c1)nc(C(C)Cl)n2Cc1cnc(C)cn1. The monoisotopic (exact) mass is 301 g/mol. The van der Waals surface area contributed by atoms with Gasteiger partial charge in [-0.05, 0) is 32.4 Å². The van der Waals surface area contributed by atoms with Gasteiger partial charge >= 0.3 is 0 Å². The van der Waals surface area contributed by atoms with E-state index in [-0.39, 0.29) is 5.38 Å². The maximum Gasteiger partial charge on any atom is 0.160 e. The zero-order valence-corrected chi connectivity index (χ0v) is 13.0. The Morgan fingerprint density at radius 1 is 1.14 bits per heavy atom. The maximum absolute atomic E-state index is 6.26. The number of aryl methyl sites for hydroxylation is 2. The molecule has 21 heavy (non-hydrogen) atoms. The number of aromatic nitrogens is 5. The fraction of sp³-hybridized carbons (Fsp3) is 0.333. The average Bonchev–Trinajstić information content (AvgIpc) is 2.79. The summed E-state index contributed by atoms with van der Waals surface area (Å²) in [4.78, 5) is 17.8. The molecule has 3 heterocycles. The highest BCUT2D eigenvalue weighted by atomic mass is 35.5. The number of pyridine rings is 1. The molecule has 0 saturated carbocycles. The number of hydrogen-bond donors (Lipinski definition) is 0. The van der Waals surface area contributed by atoms with E-state index in [2.05, 4.69) is 19.9 Å². The lowest BCUT2D eigenvalue weighted by Crippen LogP contribution is -2.08. The summed E-state index contributed by atoms with van der Waals surface area (Å²) in [6, 6.07) is 2.02. The Labute approximate surface area is 128 Å². The molecule has 0 amide bonds. The topological polar surface area (TPSA) is 56.5 Å². The Morgan fingerprint density at radius 2 is 1.95 bits per heavy atom. The quantitative estimate of drug-likeness (QED) is 0.697. The van der Waals surface area contributed by atoms with Crippen LogP contribution in [0.5, 0.6) is 0 Å². The predicted octanol–water partition coefficient (Wildman–Crippen LogP) is 3.19. The molecule has 1 atom stereocenters. The number of nitrogens with zero attached hydrogens (tertiary/aromatic N) is 5. The molecule has 1 unspecified atom stereocenters. The van der Waals surface area contributed by atoms with Gasteiger partial charge in [0.05, 0.1) is 29.5 Å². The van der Waals surface area contributed by atoms with Crippen LogP contribution >= 0.6 is 11.6 Å². The third kappa shape index (κ3) is 2.74. The van der Waals surface area contributed by atoms with Gasteiger partial charge in [0.1, 0.15) is 11.3 Å². The minimum Gasteiger partial charge on any atom is -0.305 e. The molecule has 3 aromatic heterocycles. The van der Waals surface area contributed by atoms with Crippen molar-refractivity contribution in [2.24, 2.45) is 0 Å². The number of alkyl halides is 1. The lowest BCUT2D eigenvalue weighted by Gasteiger charge is -2.09. The first-order valence-electron chi connectivity index (χ1n) is 6.79. The largest absolute Gasteiger partial charge is 0.305 e. The van der Waals surface area contributed by atoms with E-state index in [9.17, 15) is 0 Å². The lowest BCUT2D eigenvalue weighted by molar-refractivity contribution is 0.716. The van der Waals surface area contributed by atoms with Crippen molar-refractivity contribution in [3.63, 3.8) is 0 Å². The zero-order valence-electron chi connectivity index (χ0n) is 12.2. The standard InChI is InChI=1S/C15H16ClN5/c1-9-4-13-15(19-5-9)21(14(20-13)11(3)16)8-12-7-17-10(2)6-18-12/h4-7,11H,8H2,1-3H3. The molecule has 0 aliphatic heterocycles. The van der Waals surface area contributed by atoms with Crippen LogP contribution in [0.15, 0.2) is 24.7 Å². The number of fused-ring (bicyclic) bond motifs is 1. The molecular weight excluding hydrogens is 286 g/mol. The fourth-order valence-electron chi connectivity index (χ4n) is 2.25. The van der Waals surface area contributed by atoms with Gasteiger partial charge in [0.15, 0.2) is 5.65 Å². The second-order valence-corrected chi connectivity index (χ2v) is 5.83. The summed E-state index contributed by atoms with van der Waals surface area (Å²) in [5.74, 6) is 0.798. The molecule has 0 fully saturated rings. The van der Waals surface area contributed by atoms with Crippen molar-refractivity contribution in [2.45, 2.75) is 32.7 Å². The molecule has 0 bridgehead atoms. The first-order valence-corrected chi connectivity index (χ1v) is 7.22. The molecule has 0 aromatic carbocycles. The Bertz CT molecular complexity index is 777. The summed E-state index contributed by atoms with van der Waals surface area (Å²) < 4.78 is 2.01. The third-order valence-electron chi connectivity index (χ3n) is 3.26. The van der Waals surface area contributed by atoms with E-state index >= 15 is 0 Å². The Balaban J connectivity index is 2.10. The molecule has 0 saturated heterocycles. The van der Waals surface area contributed by atoms with Crippen LogP contribution in [0.3, 0.4) is 0 Å². The van der Waals surface area contributed by atoms with Gasteiger partial charge in [-0.2, -0.15) is 0 Å². The Morgan fingerprint density at radius 3 is 2.62 bits per heavy atom. The smallest absolute Gasteiger partial charge is 0.160 e. The van der Waals surface area contributed by atoms with Crippen LogP contribution in [0.25, 0.3) is 11.2 Å². The van der Waals surface area contributed by atoms with Gasteiger partial charge in [-0.3, -0.25) is 9.97 Å². The molecule has 0 N–H and O–H groups in total. The van der Waals surface area contributed by atoms with Crippen LogP contribution in [0.4, 0.5) is 0 Å². The second-order valence-electron chi connectivity index (χ2n) is 5.18. The summed E-state index contributed by atoms with van der Waals surface area (Å²) in [7, 11) is 0. The summed E-state index contributed by atoms with van der Waals surface area (Å²) >= 11 is 6.26. The van der Waals surface area contributed by atoms with E-state index in [4.69, 9.17) is 11.6 Å². The van der Waals surface area contributed by atoms with Crippen molar-refractivity contribution >= 4 is 22.8 Å². The minimum atomic E-state index is -0.196. The van der Waals surface area contributed by atoms with E-state index in [1.165, 1.54) is 0 Å². The highest BCUT2D eigenvalue weighted by Gasteiger charge is 2.16. The number of halogens is 1. The van der Waals surface area contributed by atoms with E-state index in [1.54, 1.807) is 12.4 Å². The molecular formula is C15H16ClN5. The molecule has 3 aromatic rings. The lowest BCUT2D eigenvalue weighted by atomic mass is 10.3. The molecule has 0 radical (unpaired) electrons. The molecule has 0 aliphatic carbocycles. The first-order chi connectivity index (χ1) is 10.0. The summed E-state index contributed by atoms with van der Waals surface area (Å²) in [6.45, 7) is 6.39. The summed E-state index contributed by atoms with van der Waals surface area (Å²) in [6.07, 6.45) is 5.37. The number of hydrogen-bond acceptors (Lipinski definition) is 4. The zero-order chi connectivity index (χ0) is 15.0. The highest BCUT2D eigenvalue weighted by molar-refractivity contribution is 6.20. The van der Waals surface area contributed by atoms with Gasteiger partial charge < -0.3 is 4.57 Å². The first kappa shape index (κ1) is 13.9. The van der Waals surface area contributed by atoms with Crippen LogP contribution in [0, 0.1) is 13.8 Å². The second kappa shape index (κ2) is 5.41. The minimum absolute atomic E-state index is 0.196. The summed E-state index contributed by atoms with van der Waals surface area (Å²) in [5.41, 5.74) is 4.52. The Kier molecular flexibility index (Phi) is 3.59. The average molecular weight is 302 g/mol. The predicted molar refractivity (Wildman–Crippen MR) is 82.4 cm³/mol. The van der Waals surface area contributed by atoms with Crippen molar-refractivity contribution in [3.8, 4) is 0 Å². The van der Waals surface area contributed by atoms with Crippen LogP contribution < -0.4 is 0 Å². The van der Waals surface area contributed by atoms with E-state index in [0.717, 1.165) is 33.9 Å². The molecule has 6 heteroatoms. The van der Waals surface area contributed by atoms with Crippen LogP contribution in [0.1, 0.15) is 35.1 Å². The molecule has 5 nitrogen and oxygen atoms in total. The van der Waals surface area contributed by atoms with Gasteiger partial charge in [-0.25, -0.2) is 9.97 Å². The molecule has 3 rings (SSSR count). The van der Waals surface area contributed by atoms with Crippen molar-refractivity contribution in [1.82, 2.24) is 24.5 Å². The van der Waals surface area contributed by atoms with Crippen molar-refractivity contribution in [3.05, 3.63) is 47.4 Å². The Hall–Kier alpha value is -2.01. The fourth-order valence-corrected chi connectivity index (χ4v) is 2.42. The maximum atomic E-state index is 6.26. The molecule has 0 spiro atoms. The number of imidazole rings is 1. The number of rotatable bonds is 3. The third-order valence-corrected chi connectivity index (χ3v) is 3.46. The van der Waals surface area contributed by atoms with E-state index in [1.807, 2.05) is 37.6 Å². The van der Waals surface area contributed by atoms with Crippen LogP contribution in [-0.2, 0) is 6.54 Å². The van der Waals surface area contributed by atoms with Gasteiger partial charge in [-0.15, -0.1) is 11.6 Å². The van der Waals surface area contributed by atoms with Gasteiger partial charge in [0.25, 0.3) is 0 Å². The van der Waals surface area contributed by atoms with E-state index < -0.39 is 0 Å². The van der Waals surface area contributed by atoms with Crippen molar-refractivity contribution in [2.75, 3.05) is 0 Å².